The number of anilines is 2. The number of halogens is 1. The number of nitro benzene ring substituents is 1. The van der Waals surface area contributed by atoms with Gasteiger partial charge >= 0.3 is 0 Å². The SMILES string of the molecule is Cc1cc([N+](=O)[O-])ccc1NC(=O)CSc1cccc(NC(=O)c2ccccc2F)c1. The zero-order valence-electron chi connectivity index (χ0n) is 16.4. The van der Waals surface area contributed by atoms with Crippen LogP contribution in [0.25, 0.3) is 0 Å². The highest BCUT2D eigenvalue weighted by atomic mass is 32.2. The van der Waals surface area contributed by atoms with Gasteiger partial charge in [-0.2, -0.15) is 0 Å². The number of nitrogens with zero attached hydrogens (tertiary/aromatic N) is 1. The minimum Gasteiger partial charge on any atom is -0.325 e. The molecule has 7 nitrogen and oxygen atoms in total. The summed E-state index contributed by atoms with van der Waals surface area (Å²) in [4.78, 5) is 35.6. The molecule has 158 valence electrons. The lowest BCUT2D eigenvalue weighted by Crippen LogP contribution is -2.15. The average Bonchev–Trinajstić information content (AvgIpc) is 2.74. The van der Waals surface area contributed by atoms with Crippen molar-refractivity contribution in [1.82, 2.24) is 0 Å². The third kappa shape index (κ3) is 5.89. The Morgan fingerprint density at radius 1 is 1.03 bits per heavy atom. The Kier molecular flexibility index (Phi) is 6.99. The van der Waals surface area contributed by atoms with Crippen LogP contribution >= 0.6 is 11.8 Å². The summed E-state index contributed by atoms with van der Waals surface area (Å²) in [6.45, 7) is 1.68. The number of thioether (sulfide) groups is 1. The van der Waals surface area contributed by atoms with E-state index >= 15 is 0 Å². The molecule has 0 heterocycles. The molecular formula is C22H18FN3O4S. The van der Waals surface area contributed by atoms with Crippen molar-refractivity contribution in [3.63, 3.8) is 0 Å². The van der Waals surface area contributed by atoms with Gasteiger partial charge in [0.25, 0.3) is 11.6 Å². The van der Waals surface area contributed by atoms with E-state index in [4.69, 9.17) is 0 Å². The first-order chi connectivity index (χ1) is 14.8. The molecule has 3 aromatic rings. The van der Waals surface area contributed by atoms with Gasteiger partial charge in [0.15, 0.2) is 0 Å². The molecule has 0 aromatic heterocycles. The molecule has 0 spiro atoms. The maximum atomic E-state index is 13.8. The van der Waals surface area contributed by atoms with Gasteiger partial charge in [-0.1, -0.05) is 18.2 Å². The van der Waals surface area contributed by atoms with Crippen LogP contribution in [0.4, 0.5) is 21.5 Å². The number of rotatable bonds is 7. The van der Waals surface area contributed by atoms with Gasteiger partial charge in [-0.25, -0.2) is 4.39 Å². The Hall–Kier alpha value is -3.72. The predicted octanol–water partition coefficient (Wildman–Crippen LogP) is 5.03. The first-order valence-corrected chi connectivity index (χ1v) is 10.2. The molecule has 9 heteroatoms. The largest absolute Gasteiger partial charge is 0.325 e. The fourth-order valence-corrected chi connectivity index (χ4v) is 3.50. The van der Waals surface area contributed by atoms with Crippen LogP contribution in [0.1, 0.15) is 15.9 Å². The van der Waals surface area contributed by atoms with Gasteiger partial charge < -0.3 is 10.6 Å². The maximum Gasteiger partial charge on any atom is 0.269 e. The Bertz CT molecular complexity index is 1150. The summed E-state index contributed by atoms with van der Waals surface area (Å²) in [7, 11) is 0. The molecule has 31 heavy (non-hydrogen) atoms. The van der Waals surface area contributed by atoms with E-state index in [1.165, 1.54) is 48.2 Å². The van der Waals surface area contributed by atoms with Crippen LogP contribution in [0.5, 0.6) is 0 Å². The zero-order chi connectivity index (χ0) is 22.4. The molecule has 0 aliphatic heterocycles. The van der Waals surface area contributed by atoms with Crippen LogP contribution in [0.2, 0.25) is 0 Å². The second kappa shape index (κ2) is 9.86. The highest BCUT2D eigenvalue weighted by Crippen LogP contribution is 2.24. The van der Waals surface area contributed by atoms with Crippen molar-refractivity contribution in [2.45, 2.75) is 11.8 Å². The van der Waals surface area contributed by atoms with E-state index in [0.717, 1.165) is 4.90 Å². The lowest BCUT2D eigenvalue weighted by molar-refractivity contribution is -0.384. The van der Waals surface area contributed by atoms with E-state index in [-0.39, 0.29) is 22.9 Å². The number of carbonyl (C=O) groups is 2. The van der Waals surface area contributed by atoms with Crippen molar-refractivity contribution in [3.8, 4) is 0 Å². The van der Waals surface area contributed by atoms with Crippen LogP contribution in [-0.2, 0) is 4.79 Å². The lowest BCUT2D eigenvalue weighted by Gasteiger charge is -2.09. The summed E-state index contributed by atoms with van der Waals surface area (Å²) in [6, 6.07) is 16.8. The van der Waals surface area contributed by atoms with Crippen LogP contribution in [0.3, 0.4) is 0 Å². The van der Waals surface area contributed by atoms with Crippen LogP contribution in [-0.4, -0.2) is 22.5 Å². The molecule has 3 rings (SSSR count). The monoisotopic (exact) mass is 439 g/mol. The standard InChI is InChI=1S/C22H18FN3O4S/c1-14-11-16(26(29)30)9-10-20(14)25-21(27)13-31-17-6-4-5-15(12-17)24-22(28)18-7-2-3-8-19(18)23/h2-12H,13H2,1H3,(H,24,28)(H,25,27). The summed E-state index contributed by atoms with van der Waals surface area (Å²) in [5.74, 6) is -1.35. The number of amides is 2. The summed E-state index contributed by atoms with van der Waals surface area (Å²) >= 11 is 1.26. The van der Waals surface area contributed by atoms with Crippen molar-refractivity contribution < 1.29 is 18.9 Å². The van der Waals surface area contributed by atoms with E-state index in [2.05, 4.69) is 10.6 Å². The number of non-ortho nitro benzene ring substituents is 1. The topological polar surface area (TPSA) is 101 Å². The summed E-state index contributed by atoms with van der Waals surface area (Å²) in [6.07, 6.45) is 0. The minimum absolute atomic E-state index is 0.0425. The fourth-order valence-electron chi connectivity index (χ4n) is 2.74. The van der Waals surface area contributed by atoms with Gasteiger partial charge in [-0.05, 0) is 48.9 Å². The Labute approximate surface area is 181 Å². The van der Waals surface area contributed by atoms with Gasteiger partial charge in [0.05, 0.1) is 16.2 Å². The molecule has 0 radical (unpaired) electrons. The highest BCUT2D eigenvalue weighted by Gasteiger charge is 2.13. The number of aryl methyl sites for hydroxylation is 1. The van der Waals surface area contributed by atoms with Crippen LogP contribution < -0.4 is 10.6 Å². The molecular weight excluding hydrogens is 421 g/mol. The lowest BCUT2D eigenvalue weighted by atomic mass is 10.2. The Balaban J connectivity index is 1.59. The van der Waals surface area contributed by atoms with E-state index < -0.39 is 16.6 Å². The van der Waals surface area contributed by atoms with Gasteiger partial charge in [-0.3, -0.25) is 19.7 Å². The molecule has 0 saturated carbocycles. The number of benzene rings is 3. The third-order valence-corrected chi connectivity index (χ3v) is 5.27. The van der Waals surface area contributed by atoms with Gasteiger partial charge in [-0.15, -0.1) is 11.8 Å². The molecule has 3 aromatic carbocycles. The number of hydrogen-bond acceptors (Lipinski definition) is 5. The van der Waals surface area contributed by atoms with Crippen molar-refractivity contribution in [3.05, 3.63) is 93.8 Å². The van der Waals surface area contributed by atoms with Crippen molar-refractivity contribution in [1.29, 1.82) is 0 Å². The number of nitrogens with one attached hydrogen (secondary N) is 2. The maximum absolute atomic E-state index is 13.8. The van der Waals surface area contributed by atoms with E-state index in [1.54, 1.807) is 37.3 Å². The van der Waals surface area contributed by atoms with Gasteiger partial charge in [0.1, 0.15) is 5.82 Å². The Morgan fingerprint density at radius 3 is 2.52 bits per heavy atom. The number of hydrogen-bond donors (Lipinski definition) is 2. The number of carbonyl (C=O) groups excluding carboxylic acids is 2. The predicted molar refractivity (Wildman–Crippen MR) is 118 cm³/mol. The van der Waals surface area contributed by atoms with Crippen LogP contribution in [0.15, 0.2) is 71.6 Å². The summed E-state index contributed by atoms with van der Waals surface area (Å²) in [5.41, 5.74) is 1.47. The molecule has 0 bridgehead atoms. The van der Waals surface area contributed by atoms with Crippen molar-refractivity contribution in [2.75, 3.05) is 16.4 Å². The zero-order valence-corrected chi connectivity index (χ0v) is 17.2. The first-order valence-electron chi connectivity index (χ1n) is 9.17. The van der Waals surface area contributed by atoms with Gasteiger partial charge in [0.2, 0.25) is 5.91 Å². The normalized spacial score (nSPS) is 10.4. The average molecular weight is 439 g/mol. The Morgan fingerprint density at radius 2 is 1.81 bits per heavy atom. The van der Waals surface area contributed by atoms with E-state index in [9.17, 15) is 24.1 Å². The van der Waals surface area contributed by atoms with Gasteiger partial charge in [0, 0.05) is 28.4 Å². The summed E-state index contributed by atoms with van der Waals surface area (Å²) in [5, 5.41) is 16.2. The molecule has 2 N–H and O–H groups in total. The smallest absolute Gasteiger partial charge is 0.269 e. The van der Waals surface area contributed by atoms with Crippen molar-refractivity contribution in [2.24, 2.45) is 0 Å². The number of nitro groups is 1. The highest BCUT2D eigenvalue weighted by molar-refractivity contribution is 8.00. The molecule has 0 fully saturated rings. The fraction of sp³-hybridized carbons (Fsp3) is 0.0909. The minimum atomic E-state index is -0.608. The molecule has 2 amide bonds. The van der Waals surface area contributed by atoms with E-state index in [0.29, 0.717) is 16.9 Å². The summed E-state index contributed by atoms with van der Waals surface area (Å²) < 4.78 is 13.8. The molecule has 0 saturated heterocycles. The van der Waals surface area contributed by atoms with E-state index in [1.807, 2.05) is 0 Å². The quantitative estimate of drug-likeness (QED) is 0.306. The molecule has 0 unspecified atom stereocenters. The van der Waals surface area contributed by atoms with Crippen molar-refractivity contribution >= 4 is 40.6 Å². The van der Waals surface area contributed by atoms with Crippen LogP contribution in [0, 0.1) is 22.9 Å². The first kappa shape index (κ1) is 22.0. The second-order valence-electron chi connectivity index (χ2n) is 6.55. The molecule has 0 aliphatic carbocycles. The molecule has 0 atom stereocenters. The molecule has 0 aliphatic rings. The third-order valence-electron chi connectivity index (χ3n) is 4.28. The second-order valence-corrected chi connectivity index (χ2v) is 7.60.